The first-order valence-electron chi connectivity index (χ1n) is 7.07. The number of carbonyl (C=O) groups excluding carboxylic acids is 1. The van der Waals surface area contributed by atoms with Crippen LogP contribution >= 0.6 is 0 Å². The van der Waals surface area contributed by atoms with Gasteiger partial charge in [-0.25, -0.2) is 0 Å². The molecule has 1 atom stereocenters. The van der Waals surface area contributed by atoms with Crippen molar-refractivity contribution in [1.82, 2.24) is 5.32 Å². The Kier molecular flexibility index (Phi) is 4.68. The van der Waals surface area contributed by atoms with Crippen molar-refractivity contribution in [2.75, 3.05) is 7.11 Å². The topological polar surface area (TPSA) is 51.5 Å². The molecule has 0 saturated heterocycles. The number of nitrogens with one attached hydrogen (secondary N) is 1. The molecule has 4 nitrogen and oxygen atoms in total. The minimum atomic E-state index is -0.105. The van der Waals surface area contributed by atoms with Crippen molar-refractivity contribution in [3.63, 3.8) is 0 Å². The summed E-state index contributed by atoms with van der Waals surface area (Å²) in [7, 11) is 1.64. The second-order valence-electron chi connectivity index (χ2n) is 5.03. The third-order valence-electron chi connectivity index (χ3n) is 3.52. The molecule has 0 fully saturated rings. The van der Waals surface area contributed by atoms with E-state index in [-0.39, 0.29) is 11.9 Å². The van der Waals surface area contributed by atoms with Crippen LogP contribution in [0.25, 0.3) is 0 Å². The van der Waals surface area contributed by atoms with Gasteiger partial charge in [0.1, 0.15) is 17.3 Å². The minimum Gasteiger partial charge on any atom is -0.497 e. The van der Waals surface area contributed by atoms with Gasteiger partial charge in [0.15, 0.2) is 0 Å². The van der Waals surface area contributed by atoms with Crippen molar-refractivity contribution in [3.05, 3.63) is 53.0 Å². The molecule has 112 valence electrons. The molecular formula is C17H21NO3. The molecule has 0 bridgehead atoms. The summed E-state index contributed by atoms with van der Waals surface area (Å²) in [4.78, 5) is 12.3. The Morgan fingerprint density at radius 1 is 1.29 bits per heavy atom. The van der Waals surface area contributed by atoms with Crippen molar-refractivity contribution in [2.24, 2.45) is 0 Å². The zero-order valence-corrected chi connectivity index (χ0v) is 12.9. The molecule has 0 saturated carbocycles. The Balaban J connectivity index is 2.14. The first kappa shape index (κ1) is 15.2. The van der Waals surface area contributed by atoms with E-state index in [4.69, 9.17) is 9.15 Å². The number of hydrogen-bond acceptors (Lipinski definition) is 3. The van der Waals surface area contributed by atoms with E-state index in [0.717, 1.165) is 23.5 Å². The summed E-state index contributed by atoms with van der Waals surface area (Å²) in [5.74, 6) is 2.10. The summed E-state index contributed by atoms with van der Waals surface area (Å²) in [5, 5.41) is 3.05. The zero-order valence-electron chi connectivity index (χ0n) is 12.9. The van der Waals surface area contributed by atoms with E-state index in [2.05, 4.69) is 5.32 Å². The van der Waals surface area contributed by atoms with Gasteiger partial charge in [0, 0.05) is 0 Å². The number of carbonyl (C=O) groups is 1. The molecule has 1 aromatic carbocycles. The summed E-state index contributed by atoms with van der Waals surface area (Å²) < 4.78 is 10.6. The maximum atomic E-state index is 12.3. The van der Waals surface area contributed by atoms with Crippen molar-refractivity contribution < 1.29 is 13.9 Å². The predicted molar refractivity (Wildman–Crippen MR) is 81.7 cm³/mol. The van der Waals surface area contributed by atoms with Gasteiger partial charge >= 0.3 is 0 Å². The van der Waals surface area contributed by atoms with Crippen LogP contribution in [0.1, 0.15) is 46.8 Å². The molecule has 2 rings (SSSR count). The van der Waals surface area contributed by atoms with Crippen LogP contribution in [0.15, 0.2) is 34.7 Å². The van der Waals surface area contributed by atoms with Crippen molar-refractivity contribution in [2.45, 2.75) is 33.2 Å². The molecule has 0 radical (unpaired) electrons. The lowest BCUT2D eigenvalue weighted by atomic mass is 10.0. The fraction of sp³-hybridized carbons (Fsp3) is 0.353. The Bertz CT molecular complexity index is 613. The van der Waals surface area contributed by atoms with E-state index < -0.39 is 0 Å². The van der Waals surface area contributed by atoms with Crippen LogP contribution in [-0.2, 0) is 0 Å². The molecule has 1 heterocycles. The van der Waals surface area contributed by atoms with Crippen LogP contribution < -0.4 is 10.1 Å². The highest BCUT2D eigenvalue weighted by molar-refractivity contribution is 5.95. The summed E-state index contributed by atoms with van der Waals surface area (Å²) >= 11 is 0. The molecule has 1 unspecified atom stereocenters. The third-order valence-corrected chi connectivity index (χ3v) is 3.52. The molecule has 1 amide bonds. The predicted octanol–water partition coefficient (Wildman–Crippen LogP) is 3.79. The van der Waals surface area contributed by atoms with Crippen LogP contribution in [0.3, 0.4) is 0 Å². The number of hydrogen-bond donors (Lipinski definition) is 1. The highest BCUT2D eigenvalue weighted by Gasteiger charge is 2.18. The van der Waals surface area contributed by atoms with Gasteiger partial charge in [0.2, 0.25) is 0 Å². The van der Waals surface area contributed by atoms with Gasteiger partial charge < -0.3 is 14.5 Å². The number of rotatable bonds is 5. The monoisotopic (exact) mass is 287 g/mol. The molecule has 0 aliphatic heterocycles. The summed E-state index contributed by atoms with van der Waals surface area (Å²) in [5.41, 5.74) is 1.66. The number of aryl methyl sites for hydroxylation is 2. The second kappa shape index (κ2) is 6.48. The SMILES string of the molecule is CCC(NC(=O)c1cc(C)oc1C)c1ccc(OC)cc1. The second-order valence-corrected chi connectivity index (χ2v) is 5.03. The fourth-order valence-corrected chi connectivity index (χ4v) is 2.35. The smallest absolute Gasteiger partial charge is 0.255 e. The molecule has 1 aromatic heterocycles. The first-order valence-corrected chi connectivity index (χ1v) is 7.07. The lowest BCUT2D eigenvalue weighted by Crippen LogP contribution is -2.28. The van der Waals surface area contributed by atoms with Crippen LogP contribution in [0.5, 0.6) is 5.75 Å². The van der Waals surface area contributed by atoms with E-state index in [1.165, 1.54) is 0 Å². The quantitative estimate of drug-likeness (QED) is 0.910. The molecule has 4 heteroatoms. The lowest BCUT2D eigenvalue weighted by Gasteiger charge is -2.17. The van der Waals surface area contributed by atoms with Crippen molar-refractivity contribution in [1.29, 1.82) is 0 Å². The Hall–Kier alpha value is -2.23. The van der Waals surface area contributed by atoms with Crippen molar-refractivity contribution >= 4 is 5.91 Å². The fourth-order valence-electron chi connectivity index (χ4n) is 2.35. The molecule has 2 aromatic rings. The van der Waals surface area contributed by atoms with Crippen LogP contribution in [0.4, 0.5) is 0 Å². The molecule has 0 aliphatic carbocycles. The van der Waals surface area contributed by atoms with E-state index >= 15 is 0 Å². The van der Waals surface area contributed by atoms with E-state index in [1.807, 2.05) is 38.1 Å². The number of amides is 1. The van der Waals surface area contributed by atoms with Gasteiger partial charge in [-0.1, -0.05) is 19.1 Å². The number of ether oxygens (including phenoxy) is 1. The average Bonchev–Trinajstić information content (AvgIpc) is 2.83. The molecule has 1 N–H and O–H groups in total. The normalized spacial score (nSPS) is 12.0. The van der Waals surface area contributed by atoms with E-state index in [9.17, 15) is 4.79 Å². The maximum absolute atomic E-state index is 12.3. The highest BCUT2D eigenvalue weighted by Crippen LogP contribution is 2.21. The van der Waals surface area contributed by atoms with Gasteiger partial charge in [-0.05, 0) is 44.0 Å². The first-order chi connectivity index (χ1) is 10.0. The summed E-state index contributed by atoms with van der Waals surface area (Å²) in [6.45, 7) is 5.68. The molecule has 0 aliphatic rings. The molecule has 0 spiro atoms. The van der Waals surface area contributed by atoms with Crippen LogP contribution in [-0.4, -0.2) is 13.0 Å². The van der Waals surface area contributed by atoms with E-state index in [1.54, 1.807) is 20.1 Å². The van der Waals surface area contributed by atoms with Gasteiger partial charge in [0.05, 0.1) is 18.7 Å². The molecule has 21 heavy (non-hydrogen) atoms. The largest absolute Gasteiger partial charge is 0.497 e. The van der Waals surface area contributed by atoms with Gasteiger partial charge in [-0.2, -0.15) is 0 Å². The van der Waals surface area contributed by atoms with Crippen LogP contribution in [0, 0.1) is 13.8 Å². The van der Waals surface area contributed by atoms with Crippen LogP contribution in [0.2, 0.25) is 0 Å². The van der Waals surface area contributed by atoms with Crippen molar-refractivity contribution in [3.8, 4) is 5.75 Å². The van der Waals surface area contributed by atoms with E-state index in [0.29, 0.717) is 11.3 Å². The standard InChI is InChI=1S/C17H21NO3/c1-5-16(13-6-8-14(20-4)9-7-13)18-17(19)15-10-11(2)21-12(15)3/h6-10,16H,5H2,1-4H3,(H,18,19). The lowest BCUT2D eigenvalue weighted by molar-refractivity contribution is 0.0934. The Morgan fingerprint density at radius 2 is 1.95 bits per heavy atom. The number of methoxy groups -OCH3 is 1. The summed E-state index contributed by atoms with van der Waals surface area (Å²) in [6.07, 6.45) is 0.813. The highest BCUT2D eigenvalue weighted by atomic mass is 16.5. The Labute approximate surface area is 125 Å². The zero-order chi connectivity index (χ0) is 15.4. The Morgan fingerprint density at radius 3 is 2.43 bits per heavy atom. The van der Waals surface area contributed by atoms with Gasteiger partial charge in [-0.15, -0.1) is 0 Å². The number of furan rings is 1. The molecular weight excluding hydrogens is 266 g/mol. The number of benzene rings is 1. The third kappa shape index (κ3) is 3.45. The minimum absolute atomic E-state index is 0.0296. The maximum Gasteiger partial charge on any atom is 0.255 e. The van der Waals surface area contributed by atoms with Gasteiger partial charge in [0.25, 0.3) is 5.91 Å². The average molecular weight is 287 g/mol. The van der Waals surface area contributed by atoms with Gasteiger partial charge in [-0.3, -0.25) is 4.79 Å². The summed E-state index contributed by atoms with van der Waals surface area (Å²) in [6, 6.07) is 9.49.